The van der Waals surface area contributed by atoms with Gasteiger partial charge in [0.05, 0.1) is 17.1 Å². The lowest BCUT2D eigenvalue weighted by atomic mass is 10.1. The van der Waals surface area contributed by atoms with E-state index in [1.54, 1.807) is 0 Å². The van der Waals surface area contributed by atoms with Gasteiger partial charge in [-0.3, -0.25) is 10.1 Å². The average molecular weight is 271 g/mol. The highest BCUT2D eigenvalue weighted by Crippen LogP contribution is 2.32. The highest BCUT2D eigenvalue weighted by atomic mass is 19.3. The summed E-state index contributed by atoms with van der Waals surface area (Å²) in [6.45, 7) is 1.32. The normalized spacial score (nSPS) is 10.1. The molecule has 0 atom stereocenters. The summed E-state index contributed by atoms with van der Waals surface area (Å²) in [7, 11) is 0. The van der Waals surface area contributed by atoms with Gasteiger partial charge in [-0.1, -0.05) is 0 Å². The molecule has 1 aromatic heterocycles. The van der Waals surface area contributed by atoms with Crippen LogP contribution < -0.4 is 0 Å². The standard InChI is InChI=1S/C10H7F2N3O4/c1-2-19-10(16)6-5(3-13)4-14-7(9(11)12)8(6)15(17)18/h4,9H,2H2,1H3. The molecular weight excluding hydrogens is 264 g/mol. The Morgan fingerprint density at radius 1 is 1.68 bits per heavy atom. The first kappa shape index (κ1) is 14.4. The zero-order valence-electron chi connectivity index (χ0n) is 9.59. The van der Waals surface area contributed by atoms with Crippen LogP contribution in [0.2, 0.25) is 0 Å². The molecular formula is C10H7F2N3O4. The number of carbonyl (C=O) groups excluding carboxylic acids is 1. The van der Waals surface area contributed by atoms with Crippen molar-refractivity contribution < 1.29 is 23.2 Å². The number of halogens is 2. The van der Waals surface area contributed by atoms with Gasteiger partial charge in [-0.2, -0.15) is 5.26 Å². The number of carbonyl (C=O) groups is 1. The molecule has 0 spiro atoms. The molecule has 0 aliphatic heterocycles. The summed E-state index contributed by atoms with van der Waals surface area (Å²) in [5.41, 5.74) is -3.67. The van der Waals surface area contributed by atoms with Crippen LogP contribution in [-0.4, -0.2) is 22.5 Å². The van der Waals surface area contributed by atoms with Crippen molar-refractivity contribution in [3.05, 3.63) is 33.1 Å². The van der Waals surface area contributed by atoms with Crippen molar-refractivity contribution in [3.63, 3.8) is 0 Å². The third-order valence-electron chi connectivity index (χ3n) is 2.07. The summed E-state index contributed by atoms with van der Waals surface area (Å²) in [4.78, 5) is 24.4. The predicted octanol–water partition coefficient (Wildman–Crippen LogP) is 1.98. The quantitative estimate of drug-likeness (QED) is 0.470. The Hall–Kier alpha value is -2.63. The number of alkyl halides is 2. The molecule has 1 rings (SSSR count). The summed E-state index contributed by atoms with van der Waals surface area (Å²) in [6, 6.07) is 1.48. The monoisotopic (exact) mass is 271 g/mol. The van der Waals surface area contributed by atoms with E-state index in [2.05, 4.69) is 9.72 Å². The van der Waals surface area contributed by atoms with Gasteiger partial charge >= 0.3 is 11.7 Å². The number of pyridine rings is 1. The summed E-state index contributed by atoms with van der Waals surface area (Å²) in [6.07, 6.45) is -2.57. The van der Waals surface area contributed by atoms with E-state index in [1.807, 2.05) is 0 Å². The minimum Gasteiger partial charge on any atom is -0.462 e. The molecule has 7 nitrogen and oxygen atoms in total. The Kier molecular flexibility index (Phi) is 4.41. The van der Waals surface area contributed by atoms with Crippen molar-refractivity contribution in [2.45, 2.75) is 13.3 Å². The number of esters is 1. The van der Waals surface area contributed by atoms with Gasteiger partial charge in [0.25, 0.3) is 6.43 Å². The number of ether oxygens (including phenoxy) is 1. The van der Waals surface area contributed by atoms with Gasteiger partial charge in [-0.15, -0.1) is 0 Å². The largest absolute Gasteiger partial charge is 0.462 e. The van der Waals surface area contributed by atoms with Crippen LogP contribution in [0, 0.1) is 21.4 Å². The first-order valence-corrected chi connectivity index (χ1v) is 4.96. The van der Waals surface area contributed by atoms with Crippen LogP contribution in [0.15, 0.2) is 6.20 Å². The minimum absolute atomic E-state index is 0.118. The van der Waals surface area contributed by atoms with E-state index >= 15 is 0 Å². The van der Waals surface area contributed by atoms with Crippen molar-refractivity contribution in [2.75, 3.05) is 6.61 Å². The van der Waals surface area contributed by atoms with E-state index < -0.39 is 39.8 Å². The molecule has 0 radical (unpaired) electrons. The van der Waals surface area contributed by atoms with Gasteiger partial charge in [0.1, 0.15) is 6.07 Å². The first-order chi connectivity index (χ1) is 8.93. The fraction of sp³-hybridized carbons (Fsp3) is 0.300. The zero-order valence-corrected chi connectivity index (χ0v) is 9.59. The molecule has 0 saturated carbocycles. The molecule has 0 N–H and O–H groups in total. The van der Waals surface area contributed by atoms with Gasteiger partial charge in [0.2, 0.25) is 0 Å². The Balaban J connectivity index is 3.63. The molecule has 0 saturated heterocycles. The molecule has 0 amide bonds. The molecule has 0 fully saturated rings. The Morgan fingerprint density at radius 3 is 2.74 bits per heavy atom. The van der Waals surface area contributed by atoms with Crippen molar-refractivity contribution in [2.24, 2.45) is 0 Å². The van der Waals surface area contributed by atoms with Crippen LogP contribution in [-0.2, 0) is 4.74 Å². The van der Waals surface area contributed by atoms with E-state index in [1.165, 1.54) is 13.0 Å². The third kappa shape index (κ3) is 2.79. The van der Waals surface area contributed by atoms with Gasteiger partial charge in [-0.05, 0) is 6.92 Å². The van der Waals surface area contributed by atoms with E-state index in [0.717, 1.165) is 0 Å². The van der Waals surface area contributed by atoms with Crippen molar-refractivity contribution in [1.82, 2.24) is 4.98 Å². The van der Waals surface area contributed by atoms with Crippen LogP contribution >= 0.6 is 0 Å². The van der Waals surface area contributed by atoms with Gasteiger partial charge < -0.3 is 4.74 Å². The molecule has 0 aromatic carbocycles. The second-order valence-electron chi connectivity index (χ2n) is 3.17. The summed E-state index contributed by atoms with van der Waals surface area (Å²) < 4.78 is 29.8. The van der Waals surface area contributed by atoms with Crippen LogP contribution in [0.3, 0.4) is 0 Å². The number of nitriles is 1. The van der Waals surface area contributed by atoms with Crippen LogP contribution in [0.1, 0.15) is 35.0 Å². The maximum Gasteiger partial charge on any atom is 0.346 e. The molecule has 1 heterocycles. The molecule has 0 unspecified atom stereocenters. The maximum atomic E-state index is 12.7. The lowest BCUT2D eigenvalue weighted by Crippen LogP contribution is -2.13. The molecule has 0 aliphatic carbocycles. The van der Waals surface area contributed by atoms with Crippen LogP contribution in [0.4, 0.5) is 14.5 Å². The first-order valence-electron chi connectivity index (χ1n) is 4.96. The van der Waals surface area contributed by atoms with Crippen molar-refractivity contribution in [1.29, 1.82) is 5.26 Å². The van der Waals surface area contributed by atoms with Gasteiger partial charge in [0, 0.05) is 6.20 Å². The SMILES string of the molecule is CCOC(=O)c1c(C#N)cnc(C(F)F)c1[N+](=O)[O-]. The molecule has 1 aromatic rings. The number of hydrogen-bond donors (Lipinski definition) is 0. The molecule has 0 aliphatic rings. The maximum absolute atomic E-state index is 12.7. The van der Waals surface area contributed by atoms with E-state index in [-0.39, 0.29) is 6.61 Å². The second kappa shape index (κ2) is 5.81. The number of nitro groups is 1. The Morgan fingerprint density at radius 2 is 2.32 bits per heavy atom. The molecule has 0 bridgehead atoms. The number of nitrogens with zero attached hydrogens (tertiary/aromatic N) is 3. The fourth-order valence-electron chi connectivity index (χ4n) is 1.35. The van der Waals surface area contributed by atoms with E-state index in [4.69, 9.17) is 5.26 Å². The topological polar surface area (TPSA) is 106 Å². The molecule has 9 heteroatoms. The Labute approximate surface area is 105 Å². The Bertz CT molecular complexity index is 569. The van der Waals surface area contributed by atoms with Crippen molar-refractivity contribution >= 4 is 11.7 Å². The number of hydrogen-bond acceptors (Lipinski definition) is 6. The van der Waals surface area contributed by atoms with E-state index in [9.17, 15) is 23.7 Å². The minimum atomic E-state index is -3.25. The average Bonchev–Trinajstić information content (AvgIpc) is 2.36. The van der Waals surface area contributed by atoms with Gasteiger partial charge in [0.15, 0.2) is 11.3 Å². The number of aromatic nitrogens is 1. The summed E-state index contributed by atoms with van der Waals surface area (Å²) in [5, 5.41) is 19.6. The lowest BCUT2D eigenvalue weighted by molar-refractivity contribution is -0.387. The lowest BCUT2D eigenvalue weighted by Gasteiger charge is -2.07. The highest BCUT2D eigenvalue weighted by Gasteiger charge is 2.34. The summed E-state index contributed by atoms with van der Waals surface area (Å²) in [5.74, 6) is -1.21. The highest BCUT2D eigenvalue weighted by molar-refractivity contribution is 5.97. The van der Waals surface area contributed by atoms with Crippen molar-refractivity contribution in [3.8, 4) is 6.07 Å². The van der Waals surface area contributed by atoms with Crippen LogP contribution in [0.25, 0.3) is 0 Å². The smallest absolute Gasteiger partial charge is 0.346 e. The zero-order chi connectivity index (χ0) is 14.6. The van der Waals surface area contributed by atoms with Gasteiger partial charge in [-0.25, -0.2) is 18.6 Å². The van der Waals surface area contributed by atoms with Crippen LogP contribution in [0.5, 0.6) is 0 Å². The number of rotatable bonds is 4. The summed E-state index contributed by atoms with van der Waals surface area (Å²) >= 11 is 0. The van der Waals surface area contributed by atoms with E-state index in [0.29, 0.717) is 6.20 Å². The molecule has 19 heavy (non-hydrogen) atoms. The predicted molar refractivity (Wildman–Crippen MR) is 56.5 cm³/mol. The molecule has 100 valence electrons. The second-order valence-corrected chi connectivity index (χ2v) is 3.17. The third-order valence-corrected chi connectivity index (χ3v) is 2.07. The fourth-order valence-corrected chi connectivity index (χ4v) is 1.35.